The van der Waals surface area contributed by atoms with Gasteiger partial charge in [-0.05, 0) is 44.0 Å². The number of pyridine rings is 2. The smallest absolute Gasteiger partial charge is 0.335 e. The van der Waals surface area contributed by atoms with E-state index in [0.29, 0.717) is 23.3 Å². The first-order valence-corrected chi connectivity index (χ1v) is 12.2. The molecule has 0 spiro atoms. The number of nitrogen functional groups attached to an aromatic ring is 1. The van der Waals surface area contributed by atoms with Gasteiger partial charge in [0.05, 0.1) is 11.1 Å². The van der Waals surface area contributed by atoms with Gasteiger partial charge in [-0.1, -0.05) is 55.0 Å². The van der Waals surface area contributed by atoms with Crippen LogP contribution < -0.4 is 5.73 Å². The molecular weight excluding hydrogens is 485 g/mol. The highest BCUT2D eigenvalue weighted by atomic mass is 19.0. The van der Waals surface area contributed by atoms with Crippen molar-refractivity contribution in [2.45, 2.75) is 39.2 Å². The van der Waals surface area contributed by atoms with E-state index in [1.54, 1.807) is 36.5 Å². The van der Waals surface area contributed by atoms with Gasteiger partial charge in [0.2, 0.25) is 0 Å². The number of aromatic carboxylic acids is 1. The number of anilines is 1. The van der Waals surface area contributed by atoms with Crippen LogP contribution in [0, 0.1) is 6.92 Å². The molecule has 38 heavy (non-hydrogen) atoms. The summed E-state index contributed by atoms with van der Waals surface area (Å²) in [5.74, 6) is 0.669. The molecular formula is C29H30FN5O3. The third-order valence-electron chi connectivity index (χ3n) is 6.05. The monoisotopic (exact) mass is 515 g/mol. The summed E-state index contributed by atoms with van der Waals surface area (Å²) in [7, 11) is 0. The van der Waals surface area contributed by atoms with Gasteiger partial charge in [-0.15, -0.1) is 0 Å². The Balaban J connectivity index is 0.000000341. The van der Waals surface area contributed by atoms with Gasteiger partial charge in [0.25, 0.3) is 0 Å². The minimum Gasteiger partial charge on any atom is -0.478 e. The number of halogens is 1. The maximum atomic E-state index is 12.2. The number of nitrogens with two attached hydrogens (primary N) is 1. The largest absolute Gasteiger partial charge is 0.478 e. The van der Waals surface area contributed by atoms with Crippen molar-refractivity contribution in [1.82, 2.24) is 19.5 Å². The van der Waals surface area contributed by atoms with Gasteiger partial charge >= 0.3 is 5.97 Å². The van der Waals surface area contributed by atoms with Crippen molar-refractivity contribution in [2.75, 3.05) is 5.73 Å². The lowest BCUT2D eigenvalue weighted by molar-refractivity contribution is 0.0696. The van der Waals surface area contributed by atoms with Crippen LogP contribution in [0.25, 0.3) is 22.1 Å². The summed E-state index contributed by atoms with van der Waals surface area (Å²) in [6.07, 6.45) is 5.16. The fraction of sp³-hybridized carbons (Fsp3) is 0.207. The van der Waals surface area contributed by atoms with E-state index < -0.39 is 5.97 Å². The van der Waals surface area contributed by atoms with Gasteiger partial charge in [-0.25, -0.2) is 14.8 Å². The molecule has 0 radical (unpaired) electrons. The summed E-state index contributed by atoms with van der Waals surface area (Å²) in [4.78, 5) is 35.9. The maximum Gasteiger partial charge on any atom is 0.335 e. The van der Waals surface area contributed by atoms with Gasteiger partial charge < -0.3 is 15.4 Å². The molecule has 0 atom stereocenters. The number of nitrogens with zero attached hydrogens (tertiary/aromatic N) is 4. The molecule has 5 aromatic rings. The lowest BCUT2D eigenvalue weighted by Crippen LogP contribution is -2.03. The van der Waals surface area contributed by atoms with Gasteiger partial charge in [0, 0.05) is 24.7 Å². The van der Waals surface area contributed by atoms with Crippen molar-refractivity contribution in [3.8, 4) is 0 Å². The summed E-state index contributed by atoms with van der Waals surface area (Å²) in [5.41, 5.74) is 10.5. The van der Waals surface area contributed by atoms with E-state index in [1.165, 1.54) is 0 Å². The molecule has 0 bridgehead atoms. The summed E-state index contributed by atoms with van der Waals surface area (Å²) >= 11 is 0. The molecule has 3 aromatic heterocycles. The van der Waals surface area contributed by atoms with E-state index in [2.05, 4.69) is 19.5 Å². The highest BCUT2D eigenvalue weighted by Crippen LogP contribution is 2.27. The second-order valence-electron chi connectivity index (χ2n) is 8.65. The maximum absolute atomic E-state index is 12.2. The third-order valence-corrected chi connectivity index (χ3v) is 6.05. The van der Waals surface area contributed by atoms with Crippen LogP contribution in [-0.4, -0.2) is 36.4 Å². The van der Waals surface area contributed by atoms with Crippen molar-refractivity contribution < 1.29 is 19.4 Å². The quantitative estimate of drug-likeness (QED) is 0.196. The van der Waals surface area contributed by atoms with E-state index >= 15 is 0 Å². The summed E-state index contributed by atoms with van der Waals surface area (Å²) < 4.78 is 2.17. The van der Waals surface area contributed by atoms with Crippen molar-refractivity contribution in [2.24, 2.45) is 0 Å². The second kappa shape index (κ2) is 13.0. The van der Waals surface area contributed by atoms with Gasteiger partial charge in [-0.2, -0.15) is 0 Å². The van der Waals surface area contributed by atoms with Crippen LogP contribution in [-0.2, 0) is 6.54 Å². The molecule has 0 aliphatic carbocycles. The highest BCUT2D eigenvalue weighted by Gasteiger charge is 2.15. The number of hydrogen-bond donors (Lipinski definition) is 2. The van der Waals surface area contributed by atoms with Gasteiger partial charge in [-0.3, -0.25) is 14.5 Å². The summed E-state index contributed by atoms with van der Waals surface area (Å²) in [5, 5.41) is 8.38. The minimum atomic E-state index is -0.879. The zero-order chi connectivity index (χ0) is 26.2. The van der Waals surface area contributed by atoms with Crippen molar-refractivity contribution in [1.29, 1.82) is 0 Å². The number of carboxylic acid groups (broad SMARTS) is 1. The Hall–Kier alpha value is -4.66. The number of Topliss-reactive ketones (excluding diaryl/α,β-unsaturated/α-hetero) is 1. The van der Waals surface area contributed by atoms with Crippen LogP contribution >= 0.6 is 0 Å². The Morgan fingerprint density at radius 1 is 0.842 bits per heavy atom. The number of unbranched alkanes of at least 4 members (excludes halogenated alkanes) is 2. The summed E-state index contributed by atoms with van der Waals surface area (Å²) in [6, 6.07) is 21.6. The van der Waals surface area contributed by atoms with E-state index in [4.69, 9.17) is 10.8 Å². The SMILES string of the molecule is Cc1nc2c(N)nc3cccnc3c2n1CCCCCC(=O)c1ccccc1.F.O=C(O)c1ccccc1. The minimum absolute atomic E-state index is 0. The molecule has 0 saturated carbocycles. The molecule has 0 saturated heterocycles. The van der Waals surface area contributed by atoms with Crippen LogP contribution in [0.3, 0.4) is 0 Å². The second-order valence-corrected chi connectivity index (χ2v) is 8.65. The average Bonchev–Trinajstić information content (AvgIpc) is 3.26. The highest BCUT2D eigenvalue weighted by molar-refractivity contribution is 6.04. The fourth-order valence-corrected chi connectivity index (χ4v) is 4.19. The Labute approximate surface area is 219 Å². The molecule has 2 aromatic carbocycles. The van der Waals surface area contributed by atoms with Gasteiger partial charge in [0.1, 0.15) is 22.4 Å². The molecule has 0 amide bonds. The molecule has 9 heteroatoms. The number of rotatable bonds is 8. The number of carboxylic acids is 1. The Kier molecular flexibility index (Phi) is 9.59. The van der Waals surface area contributed by atoms with Crippen molar-refractivity contribution >= 4 is 39.6 Å². The number of aryl methyl sites for hydroxylation is 2. The number of benzene rings is 2. The van der Waals surface area contributed by atoms with Crippen molar-refractivity contribution in [3.05, 3.63) is 95.9 Å². The first-order chi connectivity index (χ1) is 18.0. The number of ketones is 1. The molecule has 5 rings (SSSR count). The fourth-order valence-electron chi connectivity index (χ4n) is 4.19. The Bertz CT molecular complexity index is 1520. The molecule has 0 fully saturated rings. The molecule has 0 aliphatic heterocycles. The first kappa shape index (κ1) is 27.9. The zero-order valence-corrected chi connectivity index (χ0v) is 21.1. The normalized spacial score (nSPS) is 10.4. The lowest BCUT2D eigenvalue weighted by Gasteiger charge is -2.09. The Morgan fingerprint density at radius 3 is 2.13 bits per heavy atom. The number of imidazole rings is 1. The molecule has 8 nitrogen and oxygen atoms in total. The third kappa shape index (κ3) is 6.56. The first-order valence-electron chi connectivity index (χ1n) is 12.2. The van der Waals surface area contributed by atoms with Crippen LogP contribution in [0.15, 0.2) is 79.0 Å². The molecule has 3 N–H and O–H groups in total. The Morgan fingerprint density at radius 2 is 1.50 bits per heavy atom. The predicted molar refractivity (Wildman–Crippen MR) is 147 cm³/mol. The van der Waals surface area contributed by atoms with E-state index in [-0.39, 0.29) is 10.5 Å². The zero-order valence-electron chi connectivity index (χ0n) is 21.1. The van der Waals surface area contributed by atoms with Crippen LogP contribution in [0.4, 0.5) is 10.5 Å². The van der Waals surface area contributed by atoms with Crippen LogP contribution in [0.1, 0.15) is 52.2 Å². The van der Waals surface area contributed by atoms with E-state index in [9.17, 15) is 9.59 Å². The number of hydrogen-bond acceptors (Lipinski definition) is 6. The topological polar surface area (TPSA) is 124 Å². The predicted octanol–water partition coefficient (Wildman–Crippen LogP) is 5.85. The van der Waals surface area contributed by atoms with Crippen molar-refractivity contribution in [3.63, 3.8) is 0 Å². The van der Waals surface area contributed by atoms with E-state index in [1.807, 2.05) is 49.4 Å². The molecule has 0 aliphatic rings. The van der Waals surface area contributed by atoms with Gasteiger partial charge in [0.15, 0.2) is 11.6 Å². The standard InChI is InChI=1S/C22H23N5O.C7H6O2.FH/c1-15-25-20-21(19-17(26-22(20)23)11-8-13-24-19)27(15)14-7-3-6-12-18(28)16-9-4-2-5-10-16;8-7(9)6-4-2-1-3-5-6;/h2,4-5,8-11,13H,3,6-7,12,14H2,1H3,(H2,23,26);1-5H,(H,8,9);1H. The summed E-state index contributed by atoms with van der Waals surface area (Å²) in [6.45, 7) is 2.80. The van der Waals surface area contributed by atoms with E-state index in [0.717, 1.165) is 53.7 Å². The lowest BCUT2D eigenvalue weighted by atomic mass is 10.0. The molecule has 196 valence electrons. The number of fused-ring (bicyclic) bond motifs is 3. The number of aromatic nitrogens is 4. The van der Waals surface area contributed by atoms with Crippen LogP contribution in [0.2, 0.25) is 0 Å². The molecule has 0 unspecified atom stereocenters. The average molecular weight is 516 g/mol. The van der Waals surface area contributed by atoms with Crippen LogP contribution in [0.5, 0.6) is 0 Å². The number of carbonyl (C=O) groups excluding carboxylic acids is 1. The molecule has 3 heterocycles. The number of carbonyl (C=O) groups is 2.